The number of anilines is 1. The van der Waals surface area contributed by atoms with Gasteiger partial charge in [-0.2, -0.15) is 0 Å². The van der Waals surface area contributed by atoms with Gasteiger partial charge in [-0.1, -0.05) is 0 Å². The Morgan fingerprint density at radius 3 is 1.91 bits per heavy atom. The van der Waals surface area contributed by atoms with Gasteiger partial charge in [0.25, 0.3) is 0 Å². The fourth-order valence-corrected chi connectivity index (χ4v) is 8.82. The molecule has 2 fully saturated rings. The molecule has 2 aromatic rings. The third-order valence-electron chi connectivity index (χ3n) is 7.73. The molecular formula is C29H39N5O20P2S. The van der Waals surface area contributed by atoms with Gasteiger partial charge in [0, 0.05) is 41.5 Å². The number of hydrogen-bond donors (Lipinski definition) is 3. The summed E-state index contributed by atoms with van der Waals surface area (Å²) in [4.78, 5) is 106. The molecule has 2 aromatic heterocycles. The van der Waals surface area contributed by atoms with Crippen molar-refractivity contribution in [3.05, 3.63) is 12.7 Å². The summed E-state index contributed by atoms with van der Waals surface area (Å²) in [5.41, 5.74) is 6.25. The molecule has 2 aliphatic heterocycles. The molecule has 316 valence electrons. The van der Waals surface area contributed by atoms with E-state index in [0.29, 0.717) is 0 Å². The van der Waals surface area contributed by atoms with Crippen LogP contribution in [0.4, 0.5) is 5.82 Å². The average molecular weight is 872 g/mol. The summed E-state index contributed by atoms with van der Waals surface area (Å²) in [6.07, 6.45) is -10.4. The van der Waals surface area contributed by atoms with Crippen molar-refractivity contribution in [3.63, 3.8) is 0 Å². The number of hydrogen-bond acceptors (Lipinski definition) is 23. The number of aromatic nitrogens is 4. The molecule has 0 aromatic carbocycles. The van der Waals surface area contributed by atoms with Gasteiger partial charge in [-0.15, -0.1) is 0 Å². The Balaban J connectivity index is 1.59. The molecule has 0 saturated carbocycles. The number of carbonyl (C=O) groups excluding carboxylic acids is 6. The van der Waals surface area contributed by atoms with Crippen molar-refractivity contribution in [2.24, 2.45) is 5.92 Å². The molecule has 4 N–H and O–H groups in total. The number of nitrogens with two attached hydrogens (primary N) is 1. The van der Waals surface area contributed by atoms with Gasteiger partial charge in [-0.25, -0.2) is 23.8 Å². The van der Waals surface area contributed by atoms with E-state index in [-0.39, 0.29) is 17.0 Å². The zero-order chi connectivity index (χ0) is 42.4. The van der Waals surface area contributed by atoms with Gasteiger partial charge >= 0.3 is 50.4 Å². The predicted molar refractivity (Wildman–Crippen MR) is 186 cm³/mol. The lowest BCUT2D eigenvalue weighted by molar-refractivity contribution is -0.291. The van der Waals surface area contributed by atoms with Crippen LogP contribution in [0.2, 0.25) is 0 Å². The second-order valence-corrected chi connectivity index (χ2v) is 16.6. The summed E-state index contributed by atoms with van der Waals surface area (Å²) in [5.74, 6) is -6.32. The molecule has 4 heterocycles. The van der Waals surface area contributed by atoms with E-state index >= 15 is 0 Å². The van der Waals surface area contributed by atoms with E-state index in [4.69, 9.17) is 68.8 Å². The van der Waals surface area contributed by atoms with Gasteiger partial charge in [-0.05, 0) is 11.8 Å². The highest BCUT2D eigenvalue weighted by atomic mass is 32.5. The molecular weight excluding hydrogens is 832 g/mol. The second-order valence-electron chi connectivity index (χ2n) is 12.2. The first-order valence-electron chi connectivity index (χ1n) is 16.5. The number of rotatable bonds is 16. The lowest BCUT2D eigenvalue weighted by Crippen LogP contribution is -2.62. The van der Waals surface area contributed by atoms with Crippen LogP contribution < -0.4 is 5.73 Å². The Hall–Kier alpha value is -4.23. The van der Waals surface area contributed by atoms with E-state index < -0.39 is 125 Å². The molecule has 0 amide bonds. The van der Waals surface area contributed by atoms with Gasteiger partial charge < -0.3 is 57.9 Å². The number of fused-ring (bicyclic) bond motifs is 1. The van der Waals surface area contributed by atoms with E-state index in [1.54, 1.807) is 0 Å². The zero-order valence-corrected chi connectivity index (χ0v) is 33.5. The molecule has 2 aliphatic rings. The third kappa shape index (κ3) is 12.4. The normalized spacial score (nSPS) is 28.0. The molecule has 2 saturated heterocycles. The lowest BCUT2D eigenvalue weighted by atomic mass is 9.98. The largest absolute Gasteiger partial charge is 0.481 e. The highest BCUT2D eigenvalue weighted by Gasteiger charge is 2.55. The minimum absolute atomic E-state index is 0.0229. The topological polar surface area (TPSA) is 331 Å². The minimum Gasteiger partial charge on any atom is -0.465 e. The van der Waals surface area contributed by atoms with Crippen LogP contribution in [0.15, 0.2) is 12.7 Å². The second kappa shape index (κ2) is 19.0. The molecule has 0 radical (unpaired) electrons. The van der Waals surface area contributed by atoms with Crippen molar-refractivity contribution in [2.45, 2.75) is 90.7 Å². The SMILES string of the molecule is CC(=O)OCC1O[C@@H](OP(=O)(O)OP(O)(=S)OC[C@H]2O[C@@H](n3cnc4c(N)ncnc43)[C@@H](OC(C)=O)C2COC(C)=O)C(OC(C)=O)C(OC(C)=O)[C@@H]1OC(C)=O. The monoisotopic (exact) mass is 871 g/mol. The molecule has 4 rings (SSSR count). The van der Waals surface area contributed by atoms with E-state index in [1.807, 2.05) is 0 Å². The summed E-state index contributed by atoms with van der Waals surface area (Å²) in [7, 11) is -5.67. The molecule has 28 heteroatoms. The first-order valence-corrected chi connectivity index (χ1v) is 20.6. The molecule has 0 spiro atoms. The van der Waals surface area contributed by atoms with Crippen LogP contribution in [-0.2, 0) is 96.4 Å². The van der Waals surface area contributed by atoms with Crippen molar-refractivity contribution < 1.29 is 94.4 Å². The Morgan fingerprint density at radius 1 is 0.754 bits per heavy atom. The number of carbonyl (C=O) groups is 6. The van der Waals surface area contributed by atoms with Crippen LogP contribution in [0.3, 0.4) is 0 Å². The van der Waals surface area contributed by atoms with Crippen molar-refractivity contribution in [3.8, 4) is 0 Å². The standard InChI is InChI=1S/C29H39N5O20P2S/c1-12(35)44-7-18-19(51-28(22(18)47-14(3)37)34-11-33-21-26(30)31-10-32-27(21)34)9-46-56(43,57)54-55(41,42)53-29-25(50-17(6)40)24(49-16(5)39)23(48-15(4)38)20(52-29)8-45-13(2)36/h10-11,18-20,22-25,28-29H,7-9H2,1-6H3,(H,41,42)(H,43,57)(H2,30,31,32)/t18?,19-,20?,22+,23-,24?,25?,28-,29+,56?/m1/s1. The number of nitrogens with zero attached hydrogens (tertiary/aromatic N) is 4. The highest BCUT2D eigenvalue weighted by Crippen LogP contribution is 2.62. The maximum absolute atomic E-state index is 13.4. The summed E-state index contributed by atoms with van der Waals surface area (Å²) >= 11 is 4.99. The van der Waals surface area contributed by atoms with Crippen LogP contribution >= 0.6 is 14.5 Å². The molecule has 25 nitrogen and oxygen atoms in total. The zero-order valence-electron chi connectivity index (χ0n) is 30.9. The quantitative estimate of drug-likeness (QED) is 0.112. The number of esters is 6. The molecule has 0 aliphatic carbocycles. The van der Waals surface area contributed by atoms with Gasteiger partial charge in [0.15, 0.2) is 42.1 Å². The van der Waals surface area contributed by atoms with Crippen LogP contribution in [0.1, 0.15) is 47.8 Å². The fraction of sp³-hybridized carbons (Fsp3) is 0.621. The first-order chi connectivity index (χ1) is 26.6. The average Bonchev–Trinajstić information content (AvgIpc) is 3.64. The minimum atomic E-state index is -5.67. The Morgan fingerprint density at radius 2 is 1.32 bits per heavy atom. The van der Waals surface area contributed by atoms with Crippen molar-refractivity contribution in [1.29, 1.82) is 0 Å². The smallest absolute Gasteiger partial charge is 0.465 e. The van der Waals surface area contributed by atoms with Crippen LogP contribution in [-0.4, -0.2) is 128 Å². The lowest BCUT2D eigenvalue weighted by Gasteiger charge is -2.44. The molecule has 0 bridgehead atoms. The van der Waals surface area contributed by atoms with Crippen LogP contribution in [0, 0.1) is 5.92 Å². The van der Waals surface area contributed by atoms with Gasteiger partial charge in [0.05, 0.1) is 25.0 Å². The van der Waals surface area contributed by atoms with Crippen molar-refractivity contribution in [1.82, 2.24) is 19.5 Å². The Labute approximate surface area is 327 Å². The molecule has 11 atom stereocenters. The fourth-order valence-electron chi connectivity index (χ4n) is 5.72. The van der Waals surface area contributed by atoms with Gasteiger partial charge in [0.1, 0.15) is 31.2 Å². The summed E-state index contributed by atoms with van der Waals surface area (Å²) < 4.78 is 73.2. The maximum Gasteiger partial charge on any atom is 0.481 e. The van der Waals surface area contributed by atoms with Crippen molar-refractivity contribution in [2.75, 3.05) is 25.6 Å². The van der Waals surface area contributed by atoms with E-state index in [2.05, 4.69) is 15.0 Å². The summed E-state index contributed by atoms with van der Waals surface area (Å²) in [6, 6.07) is 0. The van der Waals surface area contributed by atoms with Gasteiger partial charge in [-0.3, -0.25) is 37.9 Å². The van der Waals surface area contributed by atoms with E-state index in [0.717, 1.165) is 47.9 Å². The molecule has 57 heavy (non-hydrogen) atoms. The number of phosphoric ester groups is 1. The summed E-state index contributed by atoms with van der Waals surface area (Å²) in [6.45, 7) is -0.642. The van der Waals surface area contributed by atoms with Crippen LogP contribution in [0.25, 0.3) is 11.2 Å². The van der Waals surface area contributed by atoms with E-state index in [1.165, 1.54) is 10.9 Å². The van der Waals surface area contributed by atoms with Crippen molar-refractivity contribution >= 4 is 79.1 Å². The maximum atomic E-state index is 13.4. The predicted octanol–water partition coefficient (Wildman–Crippen LogP) is -0.133. The number of ether oxygens (including phenoxy) is 8. The number of imidazole rings is 1. The highest BCUT2D eigenvalue weighted by molar-refractivity contribution is 8.08. The Kier molecular flexibility index (Phi) is 15.2. The summed E-state index contributed by atoms with van der Waals surface area (Å²) in [5, 5.41) is 0. The van der Waals surface area contributed by atoms with Gasteiger partial charge in [0.2, 0.25) is 6.29 Å². The number of nitrogen functional groups attached to an aromatic ring is 1. The first kappa shape index (κ1) is 45.5. The molecule has 6 unspecified atom stereocenters. The van der Waals surface area contributed by atoms with Crippen LogP contribution in [0.5, 0.6) is 0 Å². The Bertz CT molecular complexity index is 1950. The van der Waals surface area contributed by atoms with E-state index in [9.17, 15) is 43.1 Å². The third-order valence-corrected chi connectivity index (χ3v) is 11.2. The number of phosphoric acid groups is 1.